The molecule has 0 saturated carbocycles. The van der Waals surface area contributed by atoms with E-state index in [0.29, 0.717) is 19.4 Å². The van der Waals surface area contributed by atoms with Gasteiger partial charge in [-0.1, -0.05) is 6.07 Å². The van der Waals surface area contributed by atoms with Gasteiger partial charge in [-0.3, -0.25) is 15.1 Å². The maximum atomic E-state index is 13.1. The number of nitro groups is 1. The van der Waals surface area contributed by atoms with Crippen molar-refractivity contribution >= 4 is 15.7 Å². The number of ether oxygens (including phenoxy) is 1. The fourth-order valence-electron chi connectivity index (χ4n) is 3.05. The van der Waals surface area contributed by atoms with Crippen molar-refractivity contribution in [2.45, 2.75) is 23.8 Å². The van der Waals surface area contributed by atoms with Crippen molar-refractivity contribution in [3.05, 3.63) is 58.4 Å². The number of pyridine rings is 1. The minimum atomic E-state index is -4.03. The summed E-state index contributed by atoms with van der Waals surface area (Å²) in [6.07, 6.45) is 4.57. The van der Waals surface area contributed by atoms with Crippen LogP contribution < -0.4 is 4.74 Å². The largest absolute Gasteiger partial charge is 0.497 e. The molecule has 1 atom stereocenters. The van der Waals surface area contributed by atoms with E-state index in [0.717, 1.165) is 11.6 Å². The zero-order chi connectivity index (χ0) is 18.0. The summed E-state index contributed by atoms with van der Waals surface area (Å²) < 4.78 is 32.5. The number of hydrogen-bond donors (Lipinski definition) is 0. The zero-order valence-electron chi connectivity index (χ0n) is 13.5. The third-order valence-corrected chi connectivity index (χ3v) is 6.18. The van der Waals surface area contributed by atoms with Crippen LogP contribution in [0.2, 0.25) is 0 Å². The van der Waals surface area contributed by atoms with Crippen molar-refractivity contribution in [1.29, 1.82) is 0 Å². The lowest BCUT2D eigenvalue weighted by Gasteiger charge is -2.24. The average Bonchev–Trinajstić information content (AvgIpc) is 3.12. The highest BCUT2D eigenvalue weighted by atomic mass is 32.2. The van der Waals surface area contributed by atoms with Gasteiger partial charge in [0, 0.05) is 18.9 Å². The minimum Gasteiger partial charge on any atom is -0.497 e. The molecular weight excluding hydrogens is 346 g/mol. The van der Waals surface area contributed by atoms with Gasteiger partial charge in [-0.15, -0.1) is 0 Å². The molecule has 2 heterocycles. The van der Waals surface area contributed by atoms with Crippen molar-refractivity contribution < 1.29 is 18.1 Å². The Bertz CT molecular complexity index is 886. The minimum absolute atomic E-state index is 0.232. The Balaban J connectivity index is 2.06. The highest BCUT2D eigenvalue weighted by Gasteiger charge is 2.39. The van der Waals surface area contributed by atoms with Gasteiger partial charge in [0.25, 0.3) is 5.69 Å². The van der Waals surface area contributed by atoms with Crippen LogP contribution in [0.5, 0.6) is 5.75 Å². The fraction of sp³-hybridized carbons (Fsp3) is 0.312. The van der Waals surface area contributed by atoms with Crippen LogP contribution in [0.4, 0.5) is 5.69 Å². The van der Waals surface area contributed by atoms with E-state index in [1.807, 2.05) is 6.07 Å². The molecule has 3 rings (SSSR count). The summed E-state index contributed by atoms with van der Waals surface area (Å²) in [5.41, 5.74) is 0.288. The second-order valence-electron chi connectivity index (χ2n) is 5.65. The molecule has 2 aromatic rings. The van der Waals surface area contributed by atoms with E-state index in [1.165, 1.54) is 23.5 Å². The summed E-state index contributed by atoms with van der Waals surface area (Å²) in [6.45, 7) is 0.311. The summed E-state index contributed by atoms with van der Waals surface area (Å²) in [7, 11) is -2.66. The van der Waals surface area contributed by atoms with Gasteiger partial charge in [0.1, 0.15) is 5.75 Å². The summed E-state index contributed by atoms with van der Waals surface area (Å²) in [5, 5.41) is 11.4. The van der Waals surface area contributed by atoms with Gasteiger partial charge in [-0.2, -0.15) is 4.31 Å². The van der Waals surface area contributed by atoms with Crippen LogP contribution in [-0.4, -0.2) is 36.3 Å². The first-order chi connectivity index (χ1) is 11.9. The normalized spacial score (nSPS) is 18.2. The average molecular weight is 363 g/mol. The van der Waals surface area contributed by atoms with E-state index in [4.69, 9.17) is 4.74 Å². The molecule has 0 unspecified atom stereocenters. The van der Waals surface area contributed by atoms with Crippen molar-refractivity contribution in [3.8, 4) is 5.75 Å². The number of sulfonamides is 1. The zero-order valence-corrected chi connectivity index (χ0v) is 14.3. The highest BCUT2D eigenvalue weighted by molar-refractivity contribution is 7.89. The van der Waals surface area contributed by atoms with Crippen molar-refractivity contribution in [2.24, 2.45) is 0 Å². The van der Waals surface area contributed by atoms with Crippen LogP contribution >= 0.6 is 0 Å². The smallest absolute Gasteiger partial charge is 0.293 e. The van der Waals surface area contributed by atoms with Gasteiger partial charge < -0.3 is 4.74 Å². The maximum Gasteiger partial charge on any atom is 0.293 e. The third-order valence-electron chi connectivity index (χ3n) is 4.22. The molecule has 0 aliphatic carbocycles. The Morgan fingerprint density at radius 1 is 1.36 bits per heavy atom. The number of rotatable bonds is 5. The number of nitro benzene ring substituents is 1. The van der Waals surface area contributed by atoms with Crippen LogP contribution in [0.25, 0.3) is 0 Å². The maximum absolute atomic E-state index is 13.1. The molecule has 1 saturated heterocycles. The van der Waals surface area contributed by atoms with Crippen molar-refractivity contribution in [1.82, 2.24) is 9.29 Å². The first-order valence-electron chi connectivity index (χ1n) is 7.69. The molecule has 1 aromatic carbocycles. The van der Waals surface area contributed by atoms with Gasteiger partial charge in [-0.05, 0) is 36.6 Å². The Kier molecular flexibility index (Phi) is 4.69. The van der Waals surface area contributed by atoms with Crippen LogP contribution in [0.15, 0.2) is 47.6 Å². The second kappa shape index (κ2) is 6.77. The predicted octanol–water partition coefficient (Wildman–Crippen LogP) is 2.52. The van der Waals surface area contributed by atoms with Crippen LogP contribution in [0.1, 0.15) is 24.4 Å². The molecule has 1 aliphatic heterocycles. The lowest BCUT2D eigenvalue weighted by Crippen LogP contribution is -2.31. The molecule has 0 amide bonds. The van der Waals surface area contributed by atoms with Crippen LogP contribution in [-0.2, 0) is 10.0 Å². The van der Waals surface area contributed by atoms with E-state index in [2.05, 4.69) is 4.98 Å². The standard InChI is InChI=1S/C16H17N3O5S/c1-24-13-6-7-16(15(10-13)19(20)21)25(22,23)18-9-3-5-14(18)12-4-2-8-17-11-12/h2,4,6-8,10-11,14H,3,5,9H2,1H3/t14-/m1/s1. The SMILES string of the molecule is COc1ccc(S(=O)(=O)N2CCC[C@@H]2c2cccnc2)c([N+](=O)[O-])c1. The molecule has 9 heteroatoms. The first kappa shape index (κ1) is 17.3. The number of benzene rings is 1. The quantitative estimate of drug-likeness (QED) is 0.597. The molecule has 1 aromatic heterocycles. The lowest BCUT2D eigenvalue weighted by atomic mass is 10.1. The number of nitrogens with zero attached hydrogens (tertiary/aromatic N) is 3. The third kappa shape index (κ3) is 3.20. The van der Waals surface area contributed by atoms with E-state index >= 15 is 0 Å². The fourth-order valence-corrected chi connectivity index (χ4v) is 4.87. The van der Waals surface area contributed by atoms with Gasteiger partial charge in [0.05, 0.1) is 24.1 Å². The number of hydrogen-bond acceptors (Lipinski definition) is 6. The lowest BCUT2D eigenvalue weighted by molar-refractivity contribution is -0.387. The Morgan fingerprint density at radius 3 is 2.80 bits per heavy atom. The van der Waals surface area contributed by atoms with Gasteiger partial charge in [0.15, 0.2) is 4.90 Å². The Morgan fingerprint density at radius 2 is 2.16 bits per heavy atom. The van der Waals surface area contributed by atoms with Gasteiger partial charge in [-0.25, -0.2) is 8.42 Å². The number of aromatic nitrogens is 1. The topological polar surface area (TPSA) is 103 Å². The molecule has 1 aliphatic rings. The second-order valence-corrected chi connectivity index (χ2v) is 7.51. The predicted molar refractivity (Wildman–Crippen MR) is 89.8 cm³/mol. The van der Waals surface area contributed by atoms with Crippen molar-refractivity contribution in [2.75, 3.05) is 13.7 Å². The monoisotopic (exact) mass is 363 g/mol. The Hall–Kier alpha value is -2.52. The summed E-state index contributed by atoms with van der Waals surface area (Å²) in [6, 6.07) is 6.95. The summed E-state index contributed by atoms with van der Waals surface area (Å²) >= 11 is 0. The molecule has 8 nitrogen and oxygen atoms in total. The molecule has 0 spiro atoms. The van der Waals surface area contributed by atoms with Crippen molar-refractivity contribution in [3.63, 3.8) is 0 Å². The Labute approximate surface area is 145 Å². The molecular formula is C16H17N3O5S. The van der Waals surface area contributed by atoms with E-state index in [9.17, 15) is 18.5 Å². The summed E-state index contributed by atoms with van der Waals surface area (Å²) in [4.78, 5) is 14.4. The van der Waals surface area contributed by atoms with Gasteiger partial charge >= 0.3 is 0 Å². The van der Waals surface area contributed by atoms with Gasteiger partial charge in [0.2, 0.25) is 10.0 Å². The number of methoxy groups -OCH3 is 1. The molecule has 0 radical (unpaired) electrons. The molecule has 0 N–H and O–H groups in total. The van der Waals surface area contributed by atoms with E-state index in [1.54, 1.807) is 18.5 Å². The van der Waals surface area contributed by atoms with Crippen LogP contribution in [0, 0.1) is 10.1 Å². The molecule has 25 heavy (non-hydrogen) atoms. The highest BCUT2D eigenvalue weighted by Crippen LogP contribution is 2.39. The molecule has 132 valence electrons. The summed E-state index contributed by atoms with van der Waals surface area (Å²) in [5.74, 6) is 0.232. The molecule has 0 bridgehead atoms. The van der Waals surface area contributed by atoms with E-state index < -0.39 is 20.6 Å². The first-order valence-corrected chi connectivity index (χ1v) is 9.13. The molecule has 1 fully saturated rings. The van der Waals surface area contributed by atoms with Crippen LogP contribution in [0.3, 0.4) is 0 Å². The van der Waals surface area contributed by atoms with E-state index in [-0.39, 0.29) is 16.7 Å².